The molecule has 2 aromatic carbocycles. The fourth-order valence-electron chi connectivity index (χ4n) is 4.42. The summed E-state index contributed by atoms with van der Waals surface area (Å²) in [6.45, 7) is 7.12. The summed E-state index contributed by atoms with van der Waals surface area (Å²) in [5.74, 6) is -1.95. The van der Waals surface area contributed by atoms with Crippen molar-refractivity contribution in [3.05, 3.63) is 59.7 Å². The van der Waals surface area contributed by atoms with Gasteiger partial charge in [0.2, 0.25) is 5.91 Å². The lowest BCUT2D eigenvalue weighted by Gasteiger charge is -2.36. The summed E-state index contributed by atoms with van der Waals surface area (Å²) in [5.41, 5.74) is 3.23. The third kappa shape index (κ3) is 4.87. The molecular weight excluding hydrogens is 420 g/mol. The van der Waals surface area contributed by atoms with Crippen molar-refractivity contribution < 1.29 is 24.2 Å². The van der Waals surface area contributed by atoms with Gasteiger partial charge in [-0.25, -0.2) is 9.59 Å². The summed E-state index contributed by atoms with van der Waals surface area (Å²) >= 11 is 0. The first-order valence-electron chi connectivity index (χ1n) is 11.4. The lowest BCUT2D eigenvalue weighted by molar-refractivity contribution is -0.158. The van der Waals surface area contributed by atoms with Crippen LogP contribution >= 0.6 is 0 Å². The molecular formula is C26H32N2O5. The van der Waals surface area contributed by atoms with Crippen LogP contribution in [0, 0.1) is 5.92 Å². The van der Waals surface area contributed by atoms with E-state index < -0.39 is 23.5 Å². The van der Waals surface area contributed by atoms with Gasteiger partial charge in [0.25, 0.3) is 0 Å². The normalized spacial score (nSPS) is 13.6. The van der Waals surface area contributed by atoms with Crippen LogP contribution in [0.4, 0.5) is 4.79 Å². The van der Waals surface area contributed by atoms with Gasteiger partial charge in [0.05, 0.1) is 5.92 Å². The second kappa shape index (κ2) is 10.1. The van der Waals surface area contributed by atoms with Crippen LogP contribution in [-0.4, -0.2) is 53.2 Å². The third-order valence-electron chi connectivity index (χ3n) is 6.46. The van der Waals surface area contributed by atoms with Crippen molar-refractivity contribution in [3.63, 3.8) is 0 Å². The number of rotatable bonds is 9. The molecule has 7 nitrogen and oxygen atoms in total. The van der Waals surface area contributed by atoms with Crippen molar-refractivity contribution in [3.8, 4) is 11.1 Å². The first-order valence-corrected chi connectivity index (χ1v) is 11.4. The molecule has 7 heteroatoms. The van der Waals surface area contributed by atoms with Crippen molar-refractivity contribution in [2.24, 2.45) is 5.92 Å². The number of carbonyl (C=O) groups is 3. The molecule has 2 N–H and O–H groups in total. The minimum absolute atomic E-state index is 0.0429. The summed E-state index contributed by atoms with van der Waals surface area (Å²) < 4.78 is 5.54. The number of carboxylic acids is 1. The fraction of sp³-hybridized carbons (Fsp3) is 0.423. The Labute approximate surface area is 194 Å². The number of hydrogen-bond donors (Lipinski definition) is 2. The lowest BCUT2D eigenvalue weighted by atomic mass is 9.97. The summed E-state index contributed by atoms with van der Waals surface area (Å²) in [6, 6.07) is 16.2. The highest BCUT2D eigenvalue weighted by Gasteiger charge is 2.39. The Morgan fingerprint density at radius 1 is 1.03 bits per heavy atom. The Balaban J connectivity index is 1.61. The first-order chi connectivity index (χ1) is 15.7. The van der Waals surface area contributed by atoms with Gasteiger partial charge in [-0.3, -0.25) is 4.79 Å². The van der Waals surface area contributed by atoms with Gasteiger partial charge in [-0.15, -0.1) is 0 Å². The number of aliphatic carboxylic acids is 1. The van der Waals surface area contributed by atoms with Gasteiger partial charge in [-0.2, -0.15) is 0 Å². The average Bonchev–Trinajstić information content (AvgIpc) is 3.12. The first kappa shape index (κ1) is 24.3. The SMILES string of the molecule is CCC(CNC(=O)OCC1c2ccccc2-c2ccccc21)C(=O)N(CC)C(C)(C)C(=O)O. The number of carbonyl (C=O) groups excluding carboxylic acids is 2. The molecule has 3 rings (SSSR count). The largest absolute Gasteiger partial charge is 0.480 e. The van der Waals surface area contributed by atoms with Crippen molar-refractivity contribution in [2.45, 2.75) is 45.6 Å². The van der Waals surface area contributed by atoms with Crippen LogP contribution in [0.1, 0.15) is 51.2 Å². The molecule has 0 saturated heterocycles. The fourth-order valence-corrected chi connectivity index (χ4v) is 4.42. The van der Waals surface area contributed by atoms with Crippen LogP contribution in [0.15, 0.2) is 48.5 Å². The molecule has 0 saturated carbocycles. The number of ether oxygens (including phenoxy) is 1. The van der Waals surface area contributed by atoms with Gasteiger partial charge >= 0.3 is 12.1 Å². The van der Waals surface area contributed by atoms with Crippen LogP contribution in [0.5, 0.6) is 0 Å². The van der Waals surface area contributed by atoms with Gasteiger partial charge < -0.3 is 20.1 Å². The molecule has 0 spiro atoms. The Morgan fingerprint density at radius 3 is 2.06 bits per heavy atom. The molecule has 0 aliphatic heterocycles. The zero-order chi connectivity index (χ0) is 24.2. The van der Waals surface area contributed by atoms with E-state index in [0.717, 1.165) is 22.3 Å². The molecule has 33 heavy (non-hydrogen) atoms. The molecule has 2 amide bonds. The Kier molecular flexibility index (Phi) is 7.41. The summed E-state index contributed by atoms with van der Waals surface area (Å²) in [7, 11) is 0. The molecule has 0 radical (unpaired) electrons. The number of nitrogens with zero attached hydrogens (tertiary/aromatic N) is 1. The molecule has 1 atom stereocenters. The van der Waals surface area contributed by atoms with Gasteiger partial charge in [0.1, 0.15) is 12.1 Å². The lowest BCUT2D eigenvalue weighted by Crippen LogP contribution is -2.55. The average molecular weight is 453 g/mol. The van der Waals surface area contributed by atoms with Gasteiger partial charge in [0, 0.05) is 19.0 Å². The number of likely N-dealkylation sites (N-methyl/N-ethyl adjacent to an activating group) is 1. The number of amides is 2. The smallest absolute Gasteiger partial charge is 0.407 e. The number of hydrogen-bond acceptors (Lipinski definition) is 4. The van der Waals surface area contributed by atoms with Crippen LogP contribution < -0.4 is 5.32 Å². The standard InChI is InChI=1S/C26H32N2O5/c1-5-17(23(29)28(6-2)26(3,4)24(30)31)15-27-25(32)33-16-22-20-13-9-7-11-18(20)19-12-8-10-14-21(19)22/h7-14,17,22H,5-6,15-16H2,1-4H3,(H,27,32)(H,30,31). The summed E-state index contributed by atoms with van der Waals surface area (Å²) in [4.78, 5) is 38.4. The van der Waals surface area contributed by atoms with Gasteiger partial charge in [-0.05, 0) is 49.4 Å². The minimum atomic E-state index is -1.33. The molecule has 0 heterocycles. The third-order valence-corrected chi connectivity index (χ3v) is 6.46. The zero-order valence-electron chi connectivity index (χ0n) is 19.6. The molecule has 0 bridgehead atoms. The molecule has 176 valence electrons. The van der Waals surface area contributed by atoms with Gasteiger partial charge in [-0.1, -0.05) is 55.5 Å². The minimum Gasteiger partial charge on any atom is -0.480 e. The van der Waals surface area contributed by atoms with E-state index >= 15 is 0 Å². The predicted molar refractivity (Wildman–Crippen MR) is 126 cm³/mol. The predicted octanol–water partition coefficient (Wildman–Crippen LogP) is 4.26. The van der Waals surface area contributed by atoms with Gasteiger partial charge in [0.15, 0.2) is 0 Å². The van der Waals surface area contributed by atoms with Crippen LogP contribution in [-0.2, 0) is 14.3 Å². The number of benzene rings is 2. The van der Waals surface area contributed by atoms with E-state index in [0.29, 0.717) is 6.42 Å². The topological polar surface area (TPSA) is 95.9 Å². The van der Waals surface area contributed by atoms with Crippen molar-refractivity contribution in [2.75, 3.05) is 19.7 Å². The van der Waals surface area contributed by atoms with Crippen molar-refractivity contribution in [1.82, 2.24) is 10.2 Å². The Bertz CT molecular complexity index is 987. The second-order valence-electron chi connectivity index (χ2n) is 8.76. The molecule has 2 aromatic rings. The monoisotopic (exact) mass is 452 g/mol. The second-order valence-corrected chi connectivity index (χ2v) is 8.76. The number of nitrogens with one attached hydrogen (secondary N) is 1. The van der Waals surface area contributed by atoms with Crippen LogP contribution in [0.25, 0.3) is 11.1 Å². The molecule has 1 aliphatic carbocycles. The maximum absolute atomic E-state index is 13.0. The van der Waals surface area contributed by atoms with Crippen LogP contribution in [0.2, 0.25) is 0 Å². The molecule has 0 aromatic heterocycles. The maximum atomic E-state index is 13.0. The summed E-state index contributed by atoms with van der Waals surface area (Å²) in [5, 5.41) is 12.2. The van der Waals surface area contributed by atoms with E-state index in [1.54, 1.807) is 6.92 Å². The number of alkyl carbamates (subject to hydrolysis) is 1. The Hall–Kier alpha value is -3.35. The van der Waals surface area contributed by atoms with Crippen molar-refractivity contribution >= 4 is 18.0 Å². The zero-order valence-corrected chi connectivity index (χ0v) is 19.6. The maximum Gasteiger partial charge on any atom is 0.407 e. The molecule has 0 fully saturated rings. The highest BCUT2D eigenvalue weighted by Crippen LogP contribution is 2.44. The van der Waals surface area contributed by atoms with E-state index in [4.69, 9.17) is 4.74 Å². The quantitative estimate of drug-likeness (QED) is 0.593. The molecule has 1 unspecified atom stereocenters. The van der Waals surface area contributed by atoms with E-state index in [1.807, 2.05) is 31.2 Å². The highest BCUT2D eigenvalue weighted by molar-refractivity contribution is 5.88. The van der Waals surface area contributed by atoms with Crippen LogP contribution in [0.3, 0.4) is 0 Å². The van der Waals surface area contributed by atoms with E-state index in [1.165, 1.54) is 18.7 Å². The molecule has 1 aliphatic rings. The Morgan fingerprint density at radius 2 is 1.58 bits per heavy atom. The number of carboxylic acid groups (broad SMARTS) is 1. The van der Waals surface area contributed by atoms with E-state index in [-0.39, 0.29) is 31.5 Å². The van der Waals surface area contributed by atoms with Crippen molar-refractivity contribution in [1.29, 1.82) is 0 Å². The van der Waals surface area contributed by atoms with E-state index in [2.05, 4.69) is 29.6 Å². The van der Waals surface area contributed by atoms with E-state index in [9.17, 15) is 19.5 Å². The number of fused-ring (bicyclic) bond motifs is 3. The highest BCUT2D eigenvalue weighted by atomic mass is 16.5. The summed E-state index contributed by atoms with van der Waals surface area (Å²) in [6.07, 6.45) is -0.127.